The Bertz CT molecular complexity index is 598. The Labute approximate surface area is 119 Å². The molecule has 2 rings (SSSR count). The third-order valence-corrected chi connectivity index (χ3v) is 3.25. The monoisotopic (exact) mass is 293 g/mol. The van der Waals surface area contributed by atoms with Crippen molar-refractivity contribution in [3.8, 4) is 0 Å². The van der Waals surface area contributed by atoms with Gasteiger partial charge in [0, 0.05) is 10.6 Å². The second-order valence-corrected chi connectivity index (χ2v) is 5.01. The van der Waals surface area contributed by atoms with Crippen LogP contribution in [0.25, 0.3) is 0 Å². The van der Waals surface area contributed by atoms with E-state index in [-0.39, 0.29) is 13.0 Å². The molecule has 0 aliphatic carbocycles. The molecule has 2 aromatic rings. The van der Waals surface area contributed by atoms with Crippen LogP contribution in [0, 0.1) is 5.82 Å². The Kier molecular flexibility index (Phi) is 4.84. The molecule has 0 atom stereocenters. The molecular formula is C14H12FNO3S. The van der Waals surface area contributed by atoms with Crippen LogP contribution < -0.4 is 5.32 Å². The van der Waals surface area contributed by atoms with Crippen LogP contribution in [0.4, 0.5) is 10.1 Å². The van der Waals surface area contributed by atoms with Crippen molar-refractivity contribution in [3.05, 3.63) is 52.5 Å². The Hall–Kier alpha value is -2.21. The Morgan fingerprint density at radius 3 is 2.80 bits per heavy atom. The number of esters is 1. The lowest BCUT2D eigenvalue weighted by atomic mass is 10.3. The quantitative estimate of drug-likeness (QED) is 0.862. The van der Waals surface area contributed by atoms with Crippen LogP contribution >= 0.6 is 11.3 Å². The van der Waals surface area contributed by atoms with E-state index in [1.807, 2.05) is 17.5 Å². The van der Waals surface area contributed by atoms with Crippen molar-refractivity contribution < 1.29 is 18.7 Å². The SMILES string of the molecule is O=C(COC(=O)Cc1cccs1)Nc1cccc(F)c1. The summed E-state index contributed by atoms with van der Waals surface area (Å²) in [6.45, 7) is -0.388. The van der Waals surface area contributed by atoms with Crippen LogP contribution in [0.3, 0.4) is 0 Å². The minimum atomic E-state index is -0.505. The molecule has 0 aliphatic heterocycles. The van der Waals surface area contributed by atoms with E-state index in [0.717, 1.165) is 4.88 Å². The van der Waals surface area contributed by atoms with E-state index >= 15 is 0 Å². The lowest BCUT2D eigenvalue weighted by Crippen LogP contribution is -2.21. The molecule has 4 nitrogen and oxygen atoms in total. The first kappa shape index (κ1) is 14.2. The minimum absolute atomic E-state index is 0.144. The van der Waals surface area contributed by atoms with Gasteiger partial charge >= 0.3 is 5.97 Å². The summed E-state index contributed by atoms with van der Waals surface area (Å²) in [4.78, 5) is 23.9. The number of halogens is 1. The molecule has 104 valence electrons. The van der Waals surface area contributed by atoms with Crippen LogP contribution in [0.1, 0.15) is 4.88 Å². The number of rotatable bonds is 5. The van der Waals surface area contributed by atoms with Gasteiger partial charge in [0.1, 0.15) is 5.82 Å². The highest BCUT2D eigenvalue weighted by Gasteiger charge is 2.09. The maximum absolute atomic E-state index is 12.9. The largest absolute Gasteiger partial charge is 0.455 e. The molecule has 0 saturated heterocycles. The van der Waals surface area contributed by atoms with E-state index in [1.54, 1.807) is 6.07 Å². The highest BCUT2D eigenvalue weighted by atomic mass is 32.1. The lowest BCUT2D eigenvalue weighted by molar-refractivity contribution is -0.146. The lowest BCUT2D eigenvalue weighted by Gasteiger charge is -2.06. The first-order valence-corrected chi connectivity index (χ1v) is 6.75. The number of anilines is 1. The predicted octanol–water partition coefficient (Wildman–Crippen LogP) is 2.61. The number of carbonyl (C=O) groups excluding carboxylic acids is 2. The molecule has 1 aromatic heterocycles. The number of carbonyl (C=O) groups is 2. The summed E-state index contributed by atoms with van der Waals surface area (Å²) in [5.74, 6) is -1.42. The van der Waals surface area contributed by atoms with Crippen molar-refractivity contribution in [1.82, 2.24) is 0 Å². The van der Waals surface area contributed by atoms with Gasteiger partial charge in [-0.3, -0.25) is 9.59 Å². The summed E-state index contributed by atoms with van der Waals surface area (Å²) < 4.78 is 17.7. The maximum Gasteiger partial charge on any atom is 0.311 e. The smallest absolute Gasteiger partial charge is 0.311 e. The van der Waals surface area contributed by atoms with Crippen molar-refractivity contribution in [3.63, 3.8) is 0 Å². The number of benzene rings is 1. The van der Waals surface area contributed by atoms with E-state index in [0.29, 0.717) is 5.69 Å². The van der Waals surface area contributed by atoms with Crippen LogP contribution in [-0.2, 0) is 20.7 Å². The fourth-order valence-electron chi connectivity index (χ4n) is 1.52. The Balaban J connectivity index is 1.76. The van der Waals surface area contributed by atoms with E-state index in [4.69, 9.17) is 4.74 Å². The summed E-state index contributed by atoms with van der Waals surface area (Å²) in [6.07, 6.45) is 0.144. The number of hydrogen-bond donors (Lipinski definition) is 1. The van der Waals surface area contributed by atoms with Crippen molar-refractivity contribution in [2.24, 2.45) is 0 Å². The summed E-state index contributed by atoms with van der Waals surface area (Å²) in [5, 5.41) is 4.30. The average Bonchev–Trinajstić information content (AvgIpc) is 2.89. The van der Waals surface area contributed by atoms with E-state index in [1.165, 1.54) is 29.5 Å². The number of hydrogen-bond acceptors (Lipinski definition) is 4. The van der Waals surface area contributed by atoms with Gasteiger partial charge < -0.3 is 10.1 Å². The van der Waals surface area contributed by atoms with E-state index in [9.17, 15) is 14.0 Å². The van der Waals surface area contributed by atoms with E-state index in [2.05, 4.69) is 5.32 Å². The van der Waals surface area contributed by atoms with Gasteiger partial charge in [0.25, 0.3) is 5.91 Å². The second-order valence-electron chi connectivity index (χ2n) is 3.98. The molecule has 0 unspecified atom stereocenters. The van der Waals surface area contributed by atoms with Crippen LogP contribution in [0.2, 0.25) is 0 Å². The minimum Gasteiger partial charge on any atom is -0.455 e. The summed E-state index contributed by atoms with van der Waals surface area (Å²) in [6, 6.07) is 9.15. The second kappa shape index (κ2) is 6.81. The predicted molar refractivity (Wildman–Crippen MR) is 74.0 cm³/mol. The van der Waals surface area contributed by atoms with Gasteiger partial charge in [0.05, 0.1) is 6.42 Å². The molecule has 0 saturated carbocycles. The molecule has 1 heterocycles. The topological polar surface area (TPSA) is 55.4 Å². The normalized spacial score (nSPS) is 10.1. The maximum atomic E-state index is 12.9. The fourth-order valence-corrected chi connectivity index (χ4v) is 2.21. The van der Waals surface area contributed by atoms with Crippen LogP contribution in [0.5, 0.6) is 0 Å². The number of thiophene rings is 1. The first-order valence-electron chi connectivity index (χ1n) is 5.87. The Morgan fingerprint density at radius 1 is 1.25 bits per heavy atom. The number of nitrogens with one attached hydrogen (secondary N) is 1. The molecule has 0 aliphatic rings. The fraction of sp³-hybridized carbons (Fsp3) is 0.143. The molecule has 0 bridgehead atoms. The van der Waals surface area contributed by atoms with Crippen molar-refractivity contribution in [1.29, 1.82) is 0 Å². The number of amides is 1. The molecule has 0 radical (unpaired) electrons. The van der Waals surface area contributed by atoms with Gasteiger partial charge in [-0.25, -0.2) is 4.39 Å². The van der Waals surface area contributed by atoms with Gasteiger partial charge in [-0.1, -0.05) is 12.1 Å². The molecule has 0 fully saturated rings. The third kappa shape index (κ3) is 4.47. The molecular weight excluding hydrogens is 281 g/mol. The van der Waals surface area contributed by atoms with Gasteiger partial charge in [-0.15, -0.1) is 11.3 Å². The standard InChI is InChI=1S/C14H12FNO3S/c15-10-3-1-4-11(7-10)16-13(17)9-19-14(18)8-12-5-2-6-20-12/h1-7H,8-9H2,(H,16,17). The van der Waals surface area contributed by atoms with Crippen LogP contribution in [-0.4, -0.2) is 18.5 Å². The van der Waals surface area contributed by atoms with Gasteiger partial charge in [0.2, 0.25) is 0 Å². The van der Waals surface area contributed by atoms with Gasteiger partial charge in [-0.05, 0) is 29.6 Å². The van der Waals surface area contributed by atoms with Crippen molar-refractivity contribution >= 4 is 28.9 Å². The molecule has 20 heavy (non-hydrogen) atoms. The van der Waals surface area contributed by atoms with Crippen molar-refractivity contribution in [2.75, 3.05) is 11.9 Å². The van der Waals surface area contributed by atoms with Gasteiger partial charge in [-0.2, -0.15) is 0 Å². The zero-order valence-electron chi connectivity index (χ0n) is 10.5. The zero-order valence-corrected chi connectivity index (χ0v) is 11.3. The van der Waals surface area contributed by atoms with Crippen molar-refractivity contribution in [2.45, 2.75) is 6.42 Å². The van der Waals surface area contributed by atoms with E-state index < -0.39 is 17.7 Å². The zero-order chi connectivity index (χ0) is 14.4. The Morgan fingerprint density at radius 2 is 2.10 bits per heavy atom. The molecule has 6 heteroatoms. The summed E-state index contributed by atoms with van der Waals surface area (Å²) in [5.41, 5.74) is 0.323. The molecule has 1 aromatic carbocycles. The molecule has 1 N–H and O–H groups in total. The molecule has 1 amide bonds. The summed E-state index contributed by atoms with van der Waals surface area (Å²) >= 11 is 1.45. The first-order chi connectivity index (χ1) is 9.63. The number of ether oxygens (including phenoxy) is 1. The molecule has 0 spiro atoms. The highest BCUT2D eigenvalue weighted by molar-refractivity contribution is 7.10. The van der Waals surface area contributed by atoms with Gasteiger partial charge in [0.15, 0.2) is 6.61 Å². The average molecular weight is 293 g/mol. The van der Waals surface area contributed by atoms with Crippen LogP contribution in [0.15, 0.2) is 41.8 Å². The summed E-state index contributed by atoms with van der Waals surface area (Å²) in [7, 11) is 0. The highest BCUT2D eigenvalue weighted by Crippen LogP contribution is 2.10. The third-order valence-electron chi connectivity index (χ3n) is 2.37.